The number of hydrogen-bond acceptors (Lipinski definition) is 4. The first-order valence-corrected chi connectivity index (χ1v) is 8.31. The van der Waals surface area contributed by atoms with Gasteiger partial charge in [0.2, 0.25) is 0 Å². The number of aryl methyl sites for hydroxylation is 1. The highest BCUT2D eigenvalue weighted by Gasteiger charge is 2.29. The third-order valence-corrected chi connectivity index (χ3v) is 5.73. The summed E-state index contributed by atoms with van der Waals surface area (Å²) in [5.41, 5.74) is 1.75. The van der Waals surface area contributed by atoms with Crippen LogP contribution in [0.15, 0.2) is 0 Å². The lowest BCUT2D eigenvalue weighted by Gasteiger charge is -2.38. The van der Waals surface area contributed by atoms with Crippen LogP contribution in [0.3, 0.4) is 0 Å². The molecular weight excluding hydrogens is 254 g/mol. The second kappa shape index (κ2) is 6.23. The van der Waals surface area contributed by atoms with E-state index in [1.165, 1.54) is 35.0 Å². The summed E-state index contributed by atoms with van der Waals surface area (Å²) >= 11 is 1.87. The van der Waals surface area contributed by atoms with E-state index in [0.29, 0.717) is 5.41 Å². The Balaban J connectivity index is 2.00. The van der Waals surface area contributed by atoms with Gasteiger partial charge in [0.25, 0.3) is 0 Å². The molecule has 19 heavy (non-hydrogen) atoms. The van der Waals surface area contributed by atoms with Gasteiger partial charge in [-0.05, 0) is 31.7 Å². The van der Waals surface area contributed by atoms with Crippen molar-refractivity contribution in [1.82, 2.24) is 10.3 Å². The summed E-state index contributed by atoms with van der Waals surface area (Å²) in [5.74, 6) is 0. The van der Waals surface area contributed by atoms with Crippen LogP contribution in [0, 0.1) is 12.3 Å². The van der Waals surface area contributed by atoms with Crippen LogP contribution in [0.1, 0.15) is 50.6 Å². The van der Waals surface area contributed by atoms with Crippen LogP contribution < -0.4 is 10.2 Å². The fourth-order valence-corrected chi connectivity index (χ4v) is 3.62. The number of anilines is 1. The SMILES string of the molecule is CCNCc1sc(N2CCC(C)(CC)CC2)nc1C. The summed E-state index contributed by atoms with van der Waals surface area (Å²) in [4.78, 5) is 8.63. The Morgan fingerprint density at radius 2 is 2.00 bits per heavy atom. The topological polar surface area (TPSA) is 28.2 Å². The molecule has 1 N–H and O–H groups in total. The average molecular weight is 281 g/mol. The van der Waals surface area contributed by atoms with E-state index in [9.17, 15) is 0 Å². The number of aromatic nitrogens is 1. The molecule has 0 aliphatic carbocycles. The fraction of sp³-hybridized carbons (Fsp3) is 0.800. The molecule has 108 valence electrons. The zero-order valence-electron chi connectivity index (χ0n) is 12.8. The Morgan fingerprint density at radius 1 is 1.32 bits per heavy atom. The zero-order chi connectivity index (χ0) is 13.9. The van der Waals surface area contributed by atoms with Crippen molar-refractivity contribution in [3.05, 3.63) is 10.6 Å². The minimum Gasteiger partial charge on any atom is -0.348 e. The van der Waals surface area contributed by atoms with Crippen molar-refractivity contribution in [3.8, 4) is 0 Å². The number of piperidine rings is 1. The fourth-order valence-electron chi connectivity index (χ4n) is 2.54. The first-order valence-electron chi connectivity index (χ1n) is 7.50. The predicted octanol–water partition coefficient (Wildman–Crippen LogP) is 3.58. The molecule has 2 heterocycles. The zero-order valence-corrected chi connectivity index (χ0v) is 13.6. The van der Waals surface area contributed by atoms with E-state index in [4.69, 9.17) is 4.98 Å². The highest BCUT2D eigenvalue weighted by atomic mass is 32.1. The van der Waals surface area contributed by atoms with Gasteiger partial charge in [-0.1, -0.05) is 27.2 Å². The van der Waals surface area contributed by atoms with E-state index >= 15 is 0 Å². The summed E-state index contributed by atoms with van der Waals surface area (Å²) in [7, 11) is 0. The van der Waals surface area contributed by atoms with Gasteiger partial charge in [-0.2, -0.15) is 0 Å². The number of hydrogen-bond donors (Lipinski definition) is 1. The maximum absolute atomic E-state index is 4.77. The van der Waals surface area contributed by atoms with E-state index in [1.54, 1.807) is 0 Å². The number of thiazole rings is 1. The Hall–Kier alpha value is -0.610. The smallest absolute Gasteiger partial charge is 0.185 e. The summed E-state index contributed by atoms with van der Waals surface area (Å²) in [5, 5.41) is 4.62. The molecule has 1 aromatic heterocycles. The van der Waals surface area contributed by atoms with Crippen molar-refractivity contribution in [2.45, 2.75) is 53.5 Å². The van der Waals surface area contributed by atoms with Gasteiger partial charge < -0.3 is 10.2 Å². The van der Waals surface area contributed by atoms with Gasteiger partial charge in [-0.15, -0.1) is 11.3 Å². The van der Waals surface area contributed by atoms with Gasteiger partial charge >= 0.3 is 0 Å². The second-order valence-electron chi connectivity index (χ2n) is 5.94. The Morgan fingerprint density at radius 3 is 2.58 bits per heavy atom. The highest BCUT2D eigenvalue weighted by Crippen LogP contribution is 2.37. The Bertz CT molecular complexity index is 406. The third kappa shape index (κ3) is 3.48. The van der Waals surface area contributed by atoms with Crippen LogP contribution in [0.5, 0.6) is 0 Å². The van der Waals surface area contributed by atoms with Crippen molar-refractivity contribution in [3.63, 3.8) is 0 Å². The lowest BCUT2D eigenvalue weighted by atomic mass is 9.78. The van der Waals surface area contributed by atoms with Gasteiger partial charge in [0.15, 0.2) is 5.13 Å². The molecule has 3 nitrogen and oxygen atoms in total. The van der Waals surface area contributed by atoms with Crippen LogP contribution in [0.25, 0.3) is 0 Å². The minimum absolute atomic E-state index is 0.551. The van der Waals surface area contributed by atoms with Crippen molar-refractivity contribution in [1.29, 1.82) is 0 Å². The maximum atomic E-state index is 4.77. The molecule has 0 aromatic carbocycles. The molecule has 4 heteroatoms. The predicted molar refractivity (Wildman–Crippen MR) is 84.1 cm³/mol. The summed E-state index contributed by atoms with van der Waals surface area (Å²) in [6.07, 6.45) is 3.89. The molecule has 0 saturated carbocycles. The van der Waals surface area contributed by atoms with E-state index in [1.807, 2.05) is 11.3 Å². The summed E-state index contributed by atoms with van der Waals surface area (Å²) < 4.78 is 0. The van der Waals surface area contributed by atoms with Gasteiger partial charge in [0, 0.05) is 24.5 Å². The number of nitrogens with one attached hydrogen (secondary N) is 1. The first-order chi connectivity index (χ1) is 9.08. The monoisotopic (exact) mass is 281 g/mol. The first kappa shape index (κ1) is 14.8. The van der Waals surface area contributed by atoms with Gasteiger partial charge in [0.05, 0.1) is 5.69 Å². The van der Waals surface area contributed by atoms with E-state index in [2.05, 4.69) is 37.9 Å². The van der Waals surface area contributed by atoms with E-state index < -0.39 is 0 Å². The summed E-state index contributed by atoms with van der Waals surface area (Å²) in [6, 6.07) is 0. The minimum atomic E-state index is 0.551. The molecule has 2 rings (SSSR count). The molecule has 0 radical (unpaired) electrons. The molecular formula is C15H27N3S. The molecule has 0 unspecified atom stereocenters. The molecule has 0 atom stereocenters. The van der Waals surface area contributed by atoms with Gasteiger partial charge in [0.1, 0.15) is 0 Å². The molecule has 1 aliphatic heterocycles. The molecule has 0 bridgehead atoms. The normalized spacial score (nSPS) is 18.8. The van der Waals surface area contributed by atoms with Crippen LogP contribution in [0.2, 0.25) is 0 Å². The van der Waals surface area contributed by atoms with E-state index in [-0.39, 0.29) is 0 Å². The number of rotatable bonds is 5. The molecule has 1 saturated heterocycles. The van der Waals surface area contributed by atoms with Gasteiger partial charge in [-0.3, -0.25) is 0 Å². The molecule has 1 aromatic rings. The van der Waals surface area contributed by atoms with Crippen molar-refractivity contribution in [2.75, 3.05) is 24.5 Å². The van der Waals surface area contributed by atoms with Crippen molar-refractivity contribution >= 4 is 16.5 Å². The van der Waals surface area contributed by atoms with E-state index in [0.717, 1.165) is 26.2 Å². The van der Waals surface area contributed by atoms with Crippen molar-refractivity contribution < 1.29 is 0 Å². The van der Waals surface area contributed by atoms with Crippen LogP contribution in [-0.2, 0) is 6.54 Å². The lowest BCUT2D eigenvalue weighted by Crippen LogP contribution is -2.38. The molecule has 1 aliphatic rings. The van der Waals surface area contributed by atoms with Crippen LogP contribution in [-0.4, -0.2) is 24.6 Å². The maximum Gasteiger partial charge on any atom is 0.185 e. The molecule has 1 fully saturated rings. The largest absolute Gasteiger partial charge is 0.348 e. The van der Waals surface area contributed by atoms with Crippen LogP contribution >= 0.6 is 11.3 Å². The number of nitrogens with zero attached hydrogens (tertiary/aromatic N) is 2. The third-order valence-electron chi connectivity index (χ3n) is 4.51. The second-order valence-corrected chi connectivity index (χ2v) is 7.00. The lowest BCUT2D eigenvalue weighted by molar-refractivity contribution is 0.238. The summed E-state index contributed by atoms with van der Waals surface area (Å²) in [6.45, 7) is 13.3. The average Bonchev–Trinajstić information content (AvgIpc) is 2.78. The Labute approximate surface area is 121 Å². The van der Waals surface area contributed by atoms with Crippen LogP contribution in [0.4, 0.5) is 5.13 Å². The molecule has 0 amide bonds. The quantitative estimate of drug-likeness (QED) is 0.894. The highest BCUT2D eigenvalue weighted by molar-refractivity contribution is 7.15. The molecule has 0 spiro atoms. The van der Waals surface area contributed by atoms with Gasteiger partial charge in [-0.25, -0.2) is 4.98 Å². The van der Waals surface area contributed by atoms with Crippen molar-refractivity contribution in [2.24, 2.45) is 5.41 Å². The standard InChI is InChI=1S/C15H27N3S/c1-5-15(4)7-9-18(10-8-15)14-17-12(3)13(19-14)11-16-6-2/h16H,5-11H2,1-4H3. The Kier molecular flexibility index (Phi) is 4.85.